The van der Waals surface area contributed by atoms with E-state index in [2.05, 4.69) is 11.9 Å². The maximum absolute atomic E-state index is 8.94. The lowest BCUT2D eigenvalue weighted by atomic mass is 9.98. The first-order chi connectivity index (χ1) is 6.05. The Morgan fingerprint density at radius 3 is 2.62 bits per heavy atom. The predicted molar refractivity (Wildman–Crippen MR) is 54.6 cm³/mol. The van der Waals surface area contributed by atoms with E-state index in [4.69, 9.17) is 10.8 Å². The lowest BCUT2D eigenvalue weighted by molar-refractivity contribution is 0.191. The second-order valence-electron chi connectivity index (χ2n) is 4.63. The SMILES string of the molecule is CN(CCCC(C)(N)CO)C1CC1. The van der Waals surface area contributed by atoms with Crippen LogP contribution >= 0.6 is 0 Å². The van der Waals surface area contributed by atoms with Gasteiger partial charge in [0.2, 0.25) is 0 Å². The first-order valence-electron chi connectivity index (χ1n) is 5.15. The van der Waals surface area contributed by atoms with E-state index in [0.29, 0.717) is 0 Å². The van der Waals surface area contributed by atoms with E-state index in [1.54, 1.807) is 0 Å². The molecule has 3 N–H and O–H groups in total. The number of aliphatic hydroxyl groups is 1. The minimum Gasteiger partial charge on any atom is -0.394 e. The average Bonchev–Trinajstić information content (AvgIpc) is 2.86. The van der Waals surface area contributed by atoms with E-state index in [-0.39, 0.29) is 12.1 Å². The highest BCUT2D eigenvalue weighted by molar-refractivity contribution is 4.83. The van der Waals surface area contributed by atoms with Crippen molar-refractivity contribution in [3.63, 3.8) is 0 Å². The summed E-state index contributed by atoms with van der Waals surface area (Å²) in [5.74, 6) is 0. The third kappa shape index (κ3) is 4.07. The molecule has 0 bridgehead atoms. The van der Waals surface area contributed by atoms with Crippen molar-refractivity contribution in [1.29, 1.82) is 0 Å². The van der Waals surface area contributed by atoms with E-state index in [9.17, 15) is 0 Å². The molecule has 0 saturated heterocycles. The summed E-state index contributed by atoms with van der Waals surface area (Å²) >= 11 is 0. The van der Waals surface area contributed by atoms with E-state index in [1.165, 1.54) is 12.8 Å². The Hall–Kier alpha value is -0.120. The molecule has 0 amide bonds. The topological polar surface area (TPSA) is 49.5 Å². The highest BCUT2D eigenvalue weighted by Gasteiger charge is 2.26. The summed E-state index contributed by atoms with van der Waals surface area (Å²) in [6, 6.07) is 0.832. The fourth-order valence-corrected chi connectivity index (χ4v) is 1.51. The van der Waals surface area contributed by atoms with Crippen LogP contribution in [-0.2, 0) is 0 Å². The molecule has 1 atom stereocenters. The second-order valence-corrected chi connectivity index (χ2v) is 4.63. The maximum atomic E-state index is 8.94. The molecule has 3 heteroatoms. The summed E-state index contributed by atoms with van der Waals surface area (Å²) in [5, 5.41) is 8.94. The molecule has 1 aliphatic rings. The molecule has 1 fully saturated rings. The van der Waals surface area contributed by atoms with Crippen LogP contribution in [0.4, 0.5) is 0 Å². The van der Waals surface area contributed by atoms with E-state index >= 15 is 0 Å². The molecule has 13 heavy (non-hydrogen) atoms. The molecule has 0 aromatic heterocycles. The summed E-state index contributed by atoms with van der Waals surface area (Å²) in [4.78, 5) is 2.40. The molecule has 1 aliphatic carbocycles. The Bertz CT molecular complexity index is 155. The van der Waals surface area contributed by atoms with E-state index in [1.807, 2.05) is 6.92 Å². The minimum absolute atomic E-state index is 0.0835. The maximum Gasteiger partial charge on any atom is 0.0608 e. The smallest absolute Gasteiger partial charge is 0.0608 e. The predicted octanol–water partition coefficient (Wildman–Crippen LogP) is 0.571. The van der Waals surface area contributed by atoms with Gasteiger partial charge in [-0.25, -0.2) is 0 Å². The fraction of sp³-hybridized carbons (Fsp3) is 1.00. The summed E-state index contributed by atoms with van der Waals surface area (Å²) < 4.78 is 0. The van der Waals surface area contributed by atoms with Crippen LogP contribution < -0.4 is 5.73 Å². The lowest BCUT2D eigenvalue weighted by Crippen LogP contribution is -2.40. The molecular formula is C10H22N2O. The highest BCUT2D eigenvalue weighted by Crippen LogP contribution is 2.25. The Morgan fingerprint density at radius 1 is 1.54 bits per heavy atom. The fourth-order valence-electron chi connectivity index (χ4n) is 1.51. The second kappa shape index (κ2) is 4.40. The quantitative estimate of drug-likeness (QED) is 0.637. The molecule has 0 spiro atoms. The van der Waals surface area contributed by atoms with Gasteiger partial charge in [0.25, 0.3) is 0 Å². The Morgan fingerprint density at radius 2 is 2.15 bits per heavy atom. The minimum atomic E-state index is -0.385. The van der Waals surface area contributed by atoms with Gasteiger partial charge in [0.1, 0.15) is 0 Å². The van der Waals surface area contributed by atoms with Crippen molar-refractivity contribution >= 4 is 0 Å². The van der Waals surface area contributed by atoms with Gasteiger partial charge < -0.3 is 15.7 Å². The summed E-state index contributed by atoms with van der Waals surface area (Å²) in [5.41, 5.74) is 5.44. The Kier molecular flexibility index (Phi) is 3.71. The van der Waals surface area contributed by atoms with Crippen LogP contribution in [0.5, 0.6) is 0 Å². The molecule has 3 nitrogen and oxygen atoms in total. The van der Waals surface area contributed by atoms with Gasteiger partial charge in [-0.1, -0.05) is 0 Å². The number of nitrogens with zero attached hydrogens (tertiary/aromatic N) is 1. The molecule has 0 aromatic rings. The van der Waals surface area contributed by atoms with Crippen molar-refractivity contribution in [1.82, 2.24) is 4.90 Å². The van der Waals surface area contributed by atoms with Crippen molar-refractivity contribution in [2.45, 2.75) is 44.2 Å². The van der Waals surface area contributed by atoms with Crippen LogP contribution in [-0.4, -0.2) is 41.8 Å². The van der Waals surface area contributed by atoms with Gasteiger partial charge in [0, 0.05) is 11.6 Å². The van der Waals surface area contributed by atoms with Gasteiger partial charge in [-0.15, -0.1) is 0 Å². The van der Waals surface area contributed by atoms with Crippen molar-refractivity contribution in [3.8, 4) is 0 Å². The highest BCUT2D eigenvalue weighted by atomic mass is 16.3. The number of rotatable bonds is 6. The number of nitrogens with two attached hydrogens (primary N) is 1. The number of aliphatic hydroxyl groups excluding tert-OH is 1. The monoisotopic (exact) mass is 186 g/mol. The molecule has 0 heterocycles. The van der Waals surface area contributed by atoms with Crippen LogP contribution in [0.15, 0.2) is 0 Å². The first-order valence-corrected chi connectivity index (χ1v) is 5.15. The zero-order valence-corrected chi connectivity index (χ0v) is 8.79. The Balaban J connectivity index is 2.05. The van der Waals surface area contributed by atoms with Crippen LogP contribution in [0, 0.1) is 0 Å². The lowest BCUT2D eigenvalue weighted by Gasteiger charge is -2.23. The molecule has 0 aromatic carbocycles. The number of hydrogen-bond donors (Lipinski definition) is 2. The summed E-state index contributed by atoms with van der Waals surface area (Å²) in [6.45, 7) is 3.10. The van der Waals surface area contributed by atoms with Gasteiger partial charge in [-0.2, -0.15) is 0 Å². The molecule has 1 rings (SSSR count). The molecule has 78 valence electrons. The Labute approximate surface area is 80.9 Å². The van der Waals surface area contributed by atoms with Gasteiger partial charge in [-0.3, -0.25) is 0 Å². The third-order valence-electron chi connectivity index (χ3n) is 2.79. The summed E-state index contributed by atoms with van der Waals surface area (Å²) in [6.07, 6.45) is 4.70. The van der Waals surface area contributed by atoms with Crippen LogP contribution in [0.25, 0.3) is 0 Å². The van der Waals surface area contributed by atoms with Crippen molar-refractivity contribution in [2.24, 2.45) is 5.73 Å². The zero-order chi connectivity index (χ0) is 9.90. The average molecular weight is 186 g/mol. The first kappa shape index (κ1) is 11.0. The van der Waals surface area contributed by atoms with E-state index in [0.717, 1.165) is 25.4 Å². The van der Waals surface area contributed by atoms with Crippen molar-refractivity contribution in [2.75, 3.05) is 20.2 Å². The van der Waals surface area contributed by atoms with Gasteiger partial charge in [0.15, 0.2) is 0 Å². The van der Waals surface area contributed by atoms with Crippen molar-refractivity contribution in [3.05, 3.63) is 0 Å². The molecule has 0 radical (unpaired) electrons. The standard InChI is InChI=1S/C10H22N2O/c1-10(11,8-13)6-3-7-12(2)9-4-5-9/h9,13H,3-8,11H2,1-2H3. The van der Waals surface area contributed by atoms with Crippen LogP contribution in [0.2, 0.25) is 0 Å². The zero-order valence-electron chi connectivity index (χ0n) is 8.79. The van der Waals surface area contributed by atoms with Crippen molar-refractivity contribution < 1.29 is 5.11 Å². The van der Waals surface area contributed by atoms with Crippen LogP contribution in [0.1, 0.15) is 32.6 Å². The van der Waals surface area contributed by atoms with E-state index < -0.39 is 0 Å². The largest absolute Gasteiger partial charge is 0.394 e. The number of hydrogen-bond acceptors (Lipinski definition) is 3. The van der Waals surface area contributed by atoms with Gasteiger partial charge in [0.05, 0.1) is 6.61 Å². The van der Waals surface area contributed by atoms with Crippen LogP contribution in [0.3, 0.4) is 0 Å². The summed E-state index contributed by atoms with van der Waals surface area (Å²) in [7, 11) is 2.17. The molecular weight excluding hydrogens is 164 g/mol. The normalized spacial score (nSPS) is 21.9. The van der Waals surface area contributed by atoms with Gasteiger partial charge in [-0.05, 0) is 46.2 Å². The molecule has 1 unspecified atom stereocenters. The molecule has 1 saturated carbocycles. The van der Waals surface area contributed by atoms with Gasteiger partial charge >= 0.3 is 0 Å². The molecule has 0 aliphatic heterocycles. The third-order valence-corrected chi connectivity index (χ3v) is 2.79.